The van der Waals surface area contributed by atoms with Crippen LogP contribution in [-0.2, 0) is 16.0 Å². The minimum Gasteiger partial charge on any atom is -0.491 e. The van der Waals surface area contributed by atoms with Crippen molar-refractivity contribution in [1.29, 1.82) is 0 Å². The molecule has 2 amide bonds. The van der Waals surface area contributed by atoms with Crippen LogP contribution in [0.4, 0.5) is 10.8 Å². The van der Waals surface area contributed by atoms with Gasteiger partial charge in [-0.15, -0.1) is 11.3 Å². The van der Waals surface area contributed by atoms with E-state index in [1.807, 2.05) is 23.6 Å². The number of nitrogens with zero attached hydrogens (tertiary/aromatic N) is 1. The number of thiazole rings is 1. The lowest BCUT2D eigenvalue weighted by Crippen LogP contribution is -2.18. The molecule has 0 aliphatic carbocycles. The van der Waals surface area contributed by atoms with Gasteiger partial charge in [0.1, 0.15) is 12.4 Å². The van der Waals surface area contributed by atoms with Crippen molar-refractivity contribution in [3.05, 3.63) is 59.0 Å². The summed E-state index contributed by atoms with van der Waals surface area (Å²) in [6.45, 7) is 1.33. The van der Waals surface area contributed by atoms with Gasteiger partial charge in [0.25, 0.3) is 5.91 Å². The van der Waals surface area contributed by atoms with Gasteiger partial charge in [-0.1, -0.05) is 6.07 Å². The Morgan fingerprint density at radius 2 is 2.09 bits per heavy atom. The van der Waals surface area contributed by atoms with Crippen LogP contribution in [0.1, 0.15) is 35.2 Å². The number of aromatic nitrogens is 1. The summed E-state index contributed by atoms with van der Waals surface area (Å²) in [5.74, 6) is 0.549. The molecule has 32 heavy (non-hydrogen) atoms. The molecule has 3 heterocycles. The number of hydrogen-bond donors (Lipinski definition) is 2. The summed E-state index contributed by atoms with van der Waals surface area (Å²) in [7, 11) is 0. The lowest BCUT2D eigenvalue weighted by atomic mass is 9.99. The number of carbonyl (C=O) groups excluding carboxylic acids is 2. The smallest absolute Gasteiger partial charge is 0.257 e. The third kappa shape index (κ3) is 4.66. The molecule has 3 aromatic rings. The summed E-state index contributed by atoms with van der Waals surface area (Å²) in [5.41, 5.74) is 4.25. The van der Waals surface area contributed by atoms with Gasteiger partial charge in [0.2, 0.25) is 5.91 Å². The largest absolute Gasteiger partial charge is 0.491 e. The molecule has 0 spiro atoms. The van der Waals surface area contributed by atoms with Crippen LogP contribution in [0.2, 0.25) is 0 Å². The maximum absolute atomic E-state index is 12.6. The first-order valence-corrected chi connectivity index (χ1v) is 11.6. The summed E-state index contributed by atoms with van der Waals surface area (Å²) in [6, 6.07) is 13.0. The molecule has 0 bridgehead atoms. The van der Waals surface area contributed by atoms with E-state index in [9.17, 15) is 9.59 Å². The third-order valence-electron chi connectivity index (χ3n) is 5.60. The van der Waals surface area contributed by atoms with Gasteiger partial charge < -0.3 is 14.8 Å². The number of amides is 2. The van der Waals surface area contributed by atoms with Crippen molar-refractivity contribution in [2.45, 2.75) is 31.8 Å². The fourth-order valence-corrected chi connectivity index (χ4v) is 4.56. The van der Waals surface area contributed by atoms with E-state index >= 15 is 0 Å². The van der Waals surface area contributed by atoms with E-state index in [0.29, 0.717) is 23.7 Å². The van der Waals surface area contributed by atoms with E-state index in [2.05, 4.69) is 15.6 Å². The highest BCUT2D eigenvalue weighted by molar-refractivity contribution is 7.14. The summed E-state index contributed by atoms with van der Waals surface area (Å²) in [6.07, 6.45) is 3.48. The van der Waals surface area contributed by atoms with Gasteiger partial charge in [-0.25, -0.2) is 4.98 Å². The van der Waals surface area contributed by atoms with Gasteiger partial charge >= 0.3 is 0 Å². The van der Waals surface area contributed by atoms with E-state index in [4.69, 9.17) is 9.47 Å². The van der Waals surface area contributed by atoms with E-state index in [-0.39, 0.29) is 17.9 Å². The minimum atomic E-state index is -0.218. The van der Waals surface area contributed by atoms with E-state index < -0.39 is 0 Å². The first-order chi connectivity index (χ1) is 15.6. The van der Waals surface area contributed by atoms with Crippen LogP contribution in [0.25, 0.3) is 11.3 Å². The second-order valence-electron chi connectivity index (χ2n) is 7.88. The zero-order chi connectivity index (χ0) is 21.9. The van der Waals surface area contributed by atoms with Crippen molar-refractivity contribution < 1.29 is 19.1 Å². The van der Waals surface area contributed by atoms with Crippen LogP contribution < -0.4 is 15.4 Å². The first kappa shape index (κ1) is 20.7. The van der Waals surface area contributed by atoms with Crippen LogP contribution in [0.15, 0.2) is 47.8 Å². The number of ether oxygens (including phenoxy) is 2. The quantitative estimate of drug-likeness (QED) is 0.578. The average molecular weight is 450 g/mol. The number of fused-ring (bicyclic) bond motifs is 1. The molecule has 0 radical (unpaired) electrons. The molecule has 1 aromatic heterocycles. The maximum atomic E-state index is 12.6. The summed E-state index contributed by atoms with van der Waals surface area (Å²) in [5, 5.41) is 8.20. The SMILES string of the molecule is O=C1CCc2cc(-c3csc(NC(=O)c4ccc(OC[C@@H]5CCCO5)cc4)n3)ccc2N1. The molecule has 8 heteroatoms. The van der Waals surface area contributed by atoms with Gasteiger partial charge in [-0.3, -0.25) is 14.9 Å². The molecule has 5 rings (SSSR count). The minimum absolute atomic E-state index is 0.0475. The zero-order valence-electron chi connectivity index (χ0n) is 17.4. The molecule has 0 saturated carbocycles. The molecule has 0 unspecified atom stereocenters. The van der Waals surface area contributed by atoms with E-state index in [1.54, 1.807) is 24.3 Å². The van der Waals surface area contributed by atoms with Crippen molar-refractivity contribution >= 4 is 34.0 Å². The molecule has 7 nitrogen and oxygen atoms in total. The lowest BCUT2D eigenvalue weighted by molar-refractivity contribution is -0.116. The highest BCUT2D eigenvalue weighted by atomic mass is 32.1. The van der Waals surface area contributed by atoms with Crippen LogP contribution in [0.3, 0.4) is 0 Å². The van der Waals surface area contributed by atoms with Gasteiger partial charge in [0.05, 0.1) is 11.8 Å². The molecule has 2 aliphatic heterocycles. The van der Waals surface area contributed by atoms with Gasteiger partial charge in [-0.2, -0.15) is 0 Å². The van der Waals surface area contributed by atoms with Crippen molar-refractivity contribution in [2.24, 2.45) is 0 Å². The molecule has 1 fully saturated rings. The monoisotopic (exact) mass is 449 g/mol. The van der Waals surface area contributed by atoms with Crippen molar-refractivity contribution in [3.63, 3.8) is 0 Å². The number of aryl methyl sites for hydroxylation is 1. The van der Waals surface area contributed by atoms with Crippen LogP contribution >= 0.6 is 11.3 Å². The standard InChI is InChI=1S/C24H23N3O4S/c28-22-10-6-16-12-17(5-9-20(16)25-22)21-14-32-24(26-21)27-23(29)15-3-7-18(8-4-15)31-13-19-2-1-11-30-19/h3-5,7-9,12,14,19H,1-2,6,10-11,13H2,(H,25,28)(H,26,27,29)/t19-/m0/s1. The van der Waals surface area contributed by atoms with Gasteiger partial charge in [0, 0.05) is 35.2 Å². The molecule has 2 aliphatic rings. The third-order valence-corrected chi connectivity index (χ3v) is 6.36. The normalized spacial score (nSPS) is 17.5. The number of carbonyl (C=O) groups is 2. The Morgan fingerprint density at radius 3 is 2.91 bits per heavy atom. The molecule has 1 atom stereocenters. The first-order valence-electron chi connectivity index (χ1n) is 10.7. The average Bonchev–Trinajstić information content (AvgIpc) is 3.50. The summed E-state index contributed by atoms with van der Waals surface area (Å²) in [4.78, 5) is 28.7. The molecular formula is C24H23N3O4S. The Hall–Kier alpha value is -3.23. The molecule has 164 valence electrons. The number of benzene rings is 2. The zero-order valence-corrected chi connectivity index (χ0v) is 18.2. The Kier molecular flexibility index (Phi) is 5.87. The molecule has 2 aromatic carbocycles. The van der Waals surface area contributed by atoms with Crippen molar-refractivity contribution in [1.82, 2.24) is 4.98 Å². The number of rotatable bonds is 6. The van der Waals surface area contributed by atoms with E-state index in [0.717, 1.165) is 54.1 Å². The van der Waals surface area contributed by atoms with Crippen LogP contribution in [0.5, 0.6) is 5.75 Å². The van der Waals surface area contributed by atoms with Crippen molar-refractivity contribution in [2.75, 3.05) is 23.8 Å². The predicted octanol–water partition coefficient (Wildman–Crippen LogP) is 4.50. The topological polar surface area (TPSA) is 89.6 Å². The summed E-state index contributed by atoms with van der Waals surface area (Å²) < 4.78 is 11.3. The number of hydrogen-bond acceptors (Lipinski definition) is 6. The number of anilines is 2. The Morgan fingerprint density at radius 1 is 1.22 bits per heavy atom. The van der Waals surface area contributed by atoms with Crippen LogP contribution in [-0.4, -0.2) is 36.1 Å². The fraction of sp³-hybridized carbons (Fsp3) is 0.292. The highest BCUT2D eigenvalue weighted by Gasteiger charge is 2.17. The van der Waals surface area contributed by atoms with Gasteiger partial charge in [-0.05, 0) is 61.2 Å². The molecular weight excluding hydrogens is 426 g/mol. The Bertz CT molecular complexity index is 1140. The predicted molar refractivity (Wildman–Crippen MR) is 123 cm³/mol. The van der Waals surface area contributed by atoms with E-state index in [1.165, 1.54) is 11.3 Å². The highest BCUT2D eigenvalue weighted by Crippen LogP contribution is 2.30. The lowest BCUT2D eigenvalue weighted by Gasteiger charge is -2.17. The molecule has 1 saturated heterocycles. The second-order valence-corrected chi connectivity index (χ2v) is 8.74. The Balaban J connectivity index is 1.20. The number of nitrogens with one attached hydrogen (secondary N) is 2. The fourth-order valence-electron chi connectivity index (χ4n) is 3.84. The van der Waals surface area contributed by atoms with Crippen molar-refractivity contribution in [3.8, 4) is 17.0 Å². The summed E-state index contributed by atoms with van der Waals surface area (Å²) >= 11 is 1.38. The maximum Gasteiger partial charge on any atom is 0.257 e. The second kappa shape index (κ2) is 9.10. The van der Waals surface area contributed by atoms with Gasteiger partial charge in [0.15, 0.2) is 5.13 Å². The van der Waals surface area contributed by atoms with Crippen LogP contribution in [0, 0.1) is 0 Å². The Labute approximate surface area is 189 Å². The molecule has 2 N–H and O–H groups in total.